The molecule has 3 N–H and O–H groups in total. The van der Waals surface area contributed by atoms with Gasteiger partial charge in [-0.05, 0) is 19.1 Å². The highest BCUT2D eigenvalue weighted by Gasteiger charge is 2.34. The van der Waals surface area contributed by atoms with Gasteiger partial charge in [0.1, 0.15) is 5.97 Å². The van der Waals surface area contributed by atoms with Gasteiger partial charge in [0.2, 0.25) is 5.78 Å². The number of aliphatic carboxylic acids is 1. The molecule has 0 saturated carbocycles. The summed E-state index contributed by atoms with van der Waals surface area (Å²) in [7, 11) is 0. The molecule has 1 aromatic heterocycles. The molecule has 0 radical (unpaired) electrons. The van der Waals surface area contributed by atoms with E-state index in [4.69, 9.17) is 9.90 Å². The van der Waals surface area contributed by atoms with E-state index in [1.807, 2.05) is 6.92 Å². The Morgan fingerprint density at radius 2 is 1.59 bits per heavy atom. The molecule has 0 fully saturated rings. The number of carboxylic acid groups (broad SMARTS) is 1. The van der Waals surface area contributed by atoms with Gasteiger partial charge in [-0.3, -0.25) is 4.79 Å². The van der Waals surface area contributed by atoms with E-state index in [1.54, 1.807) is 24.3 Å². The fourth-order valence-corrected chi connectivity index (χ4v) is 2.97. The third kappa shape index (κ3) is 6.04. The van der Waals surface area contributed by atoms with Crippen LogP contribution in [-0.4, -0.2) is 29.2 Å². The van der Waals surface area contributed by atoms with E-state index >= 15 is 0 Å². The second-order valence-corrected chi connectivity index (χ2v) is 7.16. The maximum absolute atomic E-state index is 13.0. The molecule has 0 unspecified atom stereocenters. The normalized spacial score (nSPS) is 11.8. The van der Waals surface area contributed by atoms with Crippen LogP contribution in [0.5, 0.6) is 0 Å². The van der Waals surface area contributed by atoms with Gasteiger partial charge in [0.15, 0.2) is 5.69 Å². The largest absolute Gasteiger partial charge is 0.595 e. The number of aromatic nitrogens is 2. The predicted octanol–water partition coefficient (Wildman–Crippen LogP) is 1.76. The van der Waals surface area contributed by atoms with Crippen LogP contribution in [0.4, 0.5) is 26.3 Å². The number of hydrogen-bond acceptors (Lipinski definition) is 4. The van der Waals surface area contributed by atoms with Crippen LogP contribution >= 0.6 is 0 Å². The van der Waals surface area contributed by atoms with Gasteiger partial charge in [0.25, 0.3) is 5.52 Å². The lowest BCUT2D eigenvalue weighted by atomic mass is 10.0. The molecule has 0 saturated heterocycles. The van der Waals surface area contributed by atoms with Crippen molar-refractivity contribution >= 4 is 22.7 Å². The number of rotatable bonds is 5. The van der Waals surface area contributed by atoms with E-state index in [2.05, 4.69) is 5.73 Å². The number of carboxylic acids is 1. The van der Waals surface area contributed by atoms with Crippen molar-refractivity contribution in [3.05, 3.63) is 70.1 Å². The zero-order chi connectivity index (χ0) is 25.8. The van der Waals surface area contributed by atoms with Crippen LogP contribution in [0.25, 0.3) is 10.9 Å². The fraction of sp³-hybridized carbons (Fsp3) is 0.286. The molecule has 0 bridgehead atoms. The van der Waals surface area contributed by atoms with E-state index < -0.39 is 29.7 Å². The summed E-state index contributed by atoms with van der Waals surface area (Å²) >= 11 is 0. The third-order valence-electron chi connectivity index (χ3n) is 4.64. The molecular formula is C21H19F6N3O4. The Labute approximate surface area is 188 Å². The number of halogens is 6. The van der Waals surface area contributed by atoms with E-state index in [-0.39, 0.29) is 23.1 Å². The molecule has 2 aromatic carbocycles. The van der Waals surface area contributed by atoms with Gasteiger partial charge in [-0.2, -0.15) is 26.3 Å². The summed E-state index contributed by atoms with van der Waals surface area (Å²) in [5.74, 6) is -3.41. The van der Waals surface area contributed by atoms with Crippen LogP contribution in [0.3, 0.4) is 0 Å². The molecule has 3 aromatic rings. The average Bonchev–Trinajstić information content (AvgIpc) is 3.02. The van der Waals surface area contributed by atoms with Gasteiger partial charge in [0, 0.05) is 18.1 Å². The Balaban J connectivity index is 0.000000509. The number of aryl methyl sites for hydroxylation is 1. The number of hydrogen-bond donors (Lipinski definition) is 1. The summed E-state index contributed by atoms with van der Waals surface area (Å²) in [6, 6.07) is 9.68. The van der Waals surface area contributed by atoms with Crippen LogP contribution in [0.2, 0.25) is 0 Å². The summed E-state index contributed by atoms with van der Waals surface area (Å²) in [5.41, 5.74) is 4.04. The molecule has 7 nitrogen and oxygen atoms in total. The molecule has 184 valence electrons. The molecule has 0 amide bonds. The number of carbonyl (C=O) groups excluding carboxylic acids is 2. The minimum atomic E-state index is -5.19. The Hall–Kier alpha value is -3.61. The van der Waals surface area contributed by atoms with Crippen molar-refractivity contribution in [3.63, 3.8) is 0 Å². The number of benzene rings is 2. The van der Waals surface area contributed by atoms with Crippen molar-refractivity contribution in [2.24, 2.45) is 0 Å². The van der Waals surface area contributed by atoms with E-state index in [0.717, 1.165) is 17.7 Å². The number of fused-ring (bicyclic) bond motifs is 1. The van der Waals surface area contributed by atoms with Crippen molar-refractivity contribution in [2.75, 3.05) is 6.54 Å². The number of alkyl halides is 6. The zero-order valence-corrected chi connectivity index (χ0v) is 17.7. The lowest BCUT2D eigenvalue weighted by Gasteiger charge is -2.06. The smallest absolute Gasteiger partial charge is 0.430 e. The third-order valence-corrected chi connectivity index (χ3v) is 4.64. The van der Waals surface area contributed by atoms with Crippen molar-refractivity contribution in [1.29, 1.82) is 0 Å². The molecule has 0 atom stereocenters. The summed E-state index contributed by atoms with van der Waals surface area (Å²) in [4.78, 5) is 22.2. The van der Waals surface area contributed by atoms with Gasteiger partial charge < -0.3 is 20.8 Å². The topological polar surface area (TPSA) is 117 Å². The van der Waals surface area contributed by atoms with Crippen molar-refractivity contribution in [2.45, 2.75) is 32.2 Å². The van der Waals surface area contributed by atoms with Gasteiger partial charge in [-0.15, -0.1) is 4.68 Å². The first kappa shape index (κ1) is 26.6. The predicted molar refractivity (Wildman–Crippen MR) is 104 cm³/mol. The highest BCUT2D eigenvalue weighted by molar-refractivity contribution is 6.14. The number of carbonyl (C=O) groups is 2. The Kier molecular flexibility index (Phi) is 7.93. The number of ketones is 1. The SMILES string of the molecule is Cc1ccc(C(=O)c2c3ccc(C(F)(F)F)cc3[n+]([O-])n2CCC[NH3+])cc1.O=C([O-])C(F)(F)F. The van der Waals surface area contributed by atoms with Crippen LogP contribution in [0.1, 0.15) is 33.6 Å². The van der Waals surface area contributed by atoms with Crippen LogP contribution in [-0.2, 0) is 17.5 Å². The fourth-order valence-electron chi connectivity index (χ4n) is 2.97. The molecule has 0 aliphatic heterocycles. The minimum absolute atomic E-state index is 0.0889. The Morgan fingerprint density at radius 3 is 2.06 bits per heavy atom. The maximum atomic E-state index is 13.0. The molecule has 13 heteroatoms. The monoisotopic (exact) mass is 491 g/mol. The molecule has 1 heterocycles. The molecule has 3 rings (SSSR count). The van der Waals surface area contributed by atoms with Gasteiger partial charge in [-0.25, -0.2) is 0 Å². The second kappa shape index (κ2) is 10.1. The number of quaternary nitrogens is 1. The summed E-state index contributed by atoms with van der Waals surface area (Å²) in [6.07, 6.45) is -9.25. The quantitative estimate of drug-likeness (QED) is 0.253. The molecule has 0 spiro atoms. The van der Waals surface area contributed by atoms with Crippen LogP contribution in [0, 0.1) is 12.1 Å². The number of nitrogens with zero attached hydrogens (tertiary/aromatic N) is 2. The second-order valence-electron chi connectivity index (χ2n) is 7.16. The Bertz CT molecular complexity index is 1180. The highest BCUT2D eigenvalue weighted by atomic mass is 19.4. The van der Waals surface area contributed by atoms with Gasteiger partial charge >= 0.3 is 12.4 Å². The summed E-state index contributed by atoms with van der Waals surface area (Å²) < 4.78 is 71.8. The lowest BCUT2D eigenvalue weighted by Crippen LogP contribution is -2.51. The van der Waals surface area contributed by atoms with E-state index in [9.17, 15) is 36.3 Å². The zero-order valence-electron chi connectivity index (χ0n) is 17.7. The highest BCUT2D eigenvalue weighted by Crippen LogP contribution is 2.32. The average molecular weight is 491 g/mol. The van der Waals surface area contributed by atoms with E-state index in [1.165, 1.54) is 10.7 Å². The van der Waals surface area contributed by atoms with Crippen molar-refractivity contribution in [3.8, 4) is 0 Å². The van der Waals surface area contributed by atoms with E-state index in [0.29, 0.717) is 23.4 Å². The first-order valence-corrected chi connectivity index (χ1v) is 9.70. The molecular weight excluding hydrogens is 472 g/mol. The molecule has 34 heavy (non-hydrogen) atoms. The maximum Gasteiger partial charge on any atom is 0.430 e. The minimum Gasteiger partial charge on any atom is -0.595 e. The van der Waals surface area contributed by atoms with Gasteiger partial charge in [-0.1, -0.05) is 34.7 Å². The van der Waals surface area contributed by atoms with Crippen molar-refractivity contribution < 1.29 is 51.6 Å². The first-order chi connectivity index (χ1) is 15.7. The first-order valence-electron chi connectivity index (χ1n) is 9.70. The Morgan fingerprint density at radius 1 is 1.03 bits per heavy atom. The standard InChI is InChI=1S/C19H18F3N3O2.C2HF3O2/c1-12-3-5-13(6-4-12)18(26)17-15-8-7-14(19(20,21)22)11-16(15)25(27)24(17)10-2-9-23;3-2(4,5)1(6)7/h3-8,11H,2,9-10,23H2,1H3;(H,6,7). The summed E-state index contributed by atoms with van der Waals surface area (Å²) in [6.45, 7) is 2.60. The molecule has 0 aliphatic carbocycles. The lowest BCUT2D eigenvalue weighted by molar-refractivity contribution is -0.670. The van der Waals surface area contributed by atoms with Crippen LogP contribution < -0.4 is 15.7 Å². The molecule has 0 aliphatic rings. The van der Waals surface area contributed by atoms with Crippen molar-refractivity contribution in [1.82, 2.24) is 4.68 Å². The van der Waals surface area contributed by atoms with Gasteiger partial charge in [0.05, 0.1) is 24.0 Å². The van der Waals surface area contributed by atoms with Crippen LogP contribution in [0.15, 0.2) is 42.5 Å². The summed E-state index contributed by atoms with van der Waals surface area (Å²) in [5, 5.41) is 21.7.